The van der Waals surface area contributed by atoms with Crippen LogP contribution < -0.4 is 34.1 Å². The van der Waals surface area contributed by atoms with Gasteiger partial charge in [-0.25, -0.2) is 42.5 Å². The second kappa shape index (κ2) is 13.9. The second-order valence-electron chi connectivity index (χ2n) is 5.60. The van der Waals surface area contributed by atoms with Gasteiger partial charge in [0, 0.05) is 0 Å². The number of H-pyrrole nitrogens is 3. The van der Waals surface area contributed by atoms with Crippen LogP contribution in [0.3, 0.4) is 0 Å². The number of aromatic nitrogens is 6. The van der Waals surface area contributed by atoms with Crippen molar-refractivity contribution in [2.24, 2.45) is 0 Å². The maximum Gasteiger partial charge on any atom is 0.336 e. The highest BCUT2D eigenvalue weighted by Gasteiger charge is 2.12. The van der Waals surface area contributed by atoms with Crippen LogP contribution in [0.2, 0.25) is 0 Å². The van der Waals surface area contributed by atoms with Crippen LogP contribution >= 0.6 is 0 Å². The van der Waals surface area contributed by atoms with Gasteiger partial charge in [0.25, 0.3) is 0 Å². The molecule has 12 heteroatoms. The maximum absolute atomic E-state index is 11.9. The summed E-state index contributed by atoms with van der Waals surface area (Å²) in [7, 11) is 0. The number of hydrogen-bond acceptors (Lipinski definition) is 6. The minimum absolute atomic E-state index is 0.0478. The van der Waals surface area contributed by atoms with Crippen LogP contribution in [0, 0.1) is 0 Å². The highest BCUT2D eigenvalue weighted by molar-refractivity contribution is 4.86. The zero-order chi connectivity index (χ0) is 24.0. The van der Waals surface area contributed by atoms with E-state index in [1.165, 1.54) is 18.2 Å². The molecule has 0 aliphatic rings. The van der Waals surface area contributed by atoms with E-state index in [-0.39, 0.29) is 19.6 Å². The van der Waals surface area contributed by atoms with E-state index in [1.807, 2.05) is 6.08 Å². The lowest BCUT2D eigenvalue weighted by atomic mass is 10.5. The third-order valence-electron chi connectivity index (χ3n) is 3.29. The molecule has 2 aromatic heterocycles. The van der Waals surface area contributed by atoms with Crippen molar-refractivity contribution in [3.05, 3.63) is 114 Å². The molecule has 12 nitrogen and oxygen atoms in total. The Balaban J connectivity index is 0.000000571. The van der Waals surface area contributed by atoms with Gasteiger partial charge in [0.2, 0.25) is 0 Å². The van der Waals surface area contributed by atoms with Crippen molar-refractivity contribution in [3.63, 3.8) is 0 Å². The molecule has 0 radical (unpaired) electrons. The van der Waals surface area contributed by atoms with E-state index < -0.39 is 34.1 Å². The van der Waals surface area contributed by atoms with Gasteiger partial charge in [-0.05, 0) is 6.42 Å². The quantitative estimate of drug-likeness (QED) is 0.476. The van der Waals surface area contributed by atoms with Gasteiger partial charge < -0.3 is 0 Å². The Morgan fingerprint density at radius 3 is 0.968 bits per heavy atom. The molecular weight excluding hydrogens is 408 g/mol. The van der Waals surface area contributed by atoms with Crippen molar-refractivity contribution in [3.8, 4) is 0 Å². The van der Waals surface area contributed by atoms with E-state index >= 15 is 0 Å². The standard InChI is InChI=1S/C12H15N3O3.C4H8.C3H3N3O3/c1-4-7-13-10(16)14(8-5-2)12(18)15(9-6-3)11(13)17;1-3-4-2;7-1-4-2(8)6-3(9)5-1/h4-6H,1-3,7-9H2;3H,1,4H2,2H3;(H3,4,5,6,7,8,9). The summed E-state index contributed by atoms with van der Waals surface area (Å²) < 4.78 is 2.84. The van der Waals surface area contributed by atoms with Crippen LogP contribution in [0.25, 0.3) is 0 Å². The lowest BCUT2D eigenvalue weighted by Gasteiger charge is -2.10. The lowest BCUT2D eigenvalue weighted by Crippen LogP contribution is -2.54. The third-order valence-corrected chi connectivity index (χ3v) is 3.29. The van der Waals surface area contributed by atoms with Crippen LogP contribution in [0.15, 0.2) is 79.4 Å². The fraction of sp³-hybridized carbons (Fsp3) is 0.263. The van der Waals surface area contributed by atoms with Crippen molar-refractivity contribution in [2.45, 2.75) is 33.0 Å². The van der Waals surface area contributed by atoms with Crippen molar-refractivity contribution < 1.29 is 0 Å². The molecule has 31 heavy (non-hydrogen) atoms. The zero-order valence-corrected chi connectivity index (χ0v) is 17.3. The van der Waals surface area contributed by atoms with Gasteiger partial charge in [0.15, 0.2) is 0 Å². The van der Waals surface area contributed by atoms with Gasteiger partial charge >= 0.3 is 34.1 Å². The first kappa shape index (κ1) is 26.8. The molecule has 2 heterocycles. The van der Waals surface area contributed by atoms with Crippen LogP contribution in [-0.2, 0) is 19.6 Å². The molecule has 0 bridgehead atoms. The van der Waals surface area contributed by atoms with Crippen LogP contribution in [0.5, 0.6) is 0 Å². The molecule has 2 rings (SSSR count). The Hall–Kier alpha value is -4.22. The average Bonchev–Trinajstić information content (AvgIpc) is 2.71. The van der Waals surface area contributed by atoms with Gasteiger partial charge in [-0.2, -0.15) is 0 Å². The molecule has 0 aliphatic carbocycles. The molecule has 0 atom stereocenters. The van der Waals surface area contributed by atoms with Gasteiger partial charge in [-0.1, -0.05) is 31.2 Å². The molecule has 3 N–H and O–H groups in total. The highest BCUT2D eigenvalue weighted by Crippen LogP contribution is 1.79. The predicted molar refractivity (Wildman–Crippen MR) is 119 cm³/mol. The zero-order valence-electron chi connectivity index (χ0n) is 17.3. The molecule has 0 saturated heterocycles. The Morgan fingerprint density at radius 1 is 0.581 bits per heavy atom. The fourth-order valence-corrected chi connectivity index (χ4v) is 1.94. The molecule has 0 aromatic carbocycles. The number of aromatic amines is 3. The summed E-state index contributed by atoms with van der Waals surface area (Å²) in [5.74, 6) is 0. The van der Waals surface area contributed by atoms with Gasteiger partial charge in [0.1, 0.15) is 0 Å². The summed E-state index contributed by atoms with van der Waals surface area (Å²) in [5.41, 5.74) is -4.39. The number of nitrogens with zero attached hydrogens (tertiary/aromatic N) is 3. The topological polar surface area (TPSA) is 165 Å². The molecular formula is C19H26N6O6. The molecule has 0 fully saturated rings. The van der Waals surface area contributed by atoms with Gasteiger partial charge in [-0.3, -0.25) is 15.0 Å². The Bertz CT molecular complexity index is 1050. The summed E-state index contributed by atoms with van der Waals surface area (Å²) in [6.07, 6.45) is 7.22. The number of allylic oxidation sites excluding steroid dienone is 4. The average molecular weight is 434 g/mol. The summed E-state index contributed by atoms with van der Waals surface area (Å²) >= 11 is 0. The minimum atomic E-state index is -0.802. The Labute approximate surface area is 175 Å². The van der Waals surface area contributed by atoms with Crippen LogP contribution in [0.1, 0.15) is 13.3 Å². The van der Waals surface area contributed by atoms with Crippen molar-refractivity contribution >= 4 is 0 Å². The van der Waals surface area contributed by atoms with E-state index in [0.717, 1.165) is 20.1 Å². The summed E-state index contributed by atoms with van der Waals surface area (Å²) in [6.45, 7) is 16.1. The molecule has 0 unspecified atom stereocenters. The largest absolute Gasteiger partial charge is 0.336 e. The maximum atomic E-state index is 11.9. The van der Waals surface area contributed by atoms with Crippen molar-refractivity contribution in [2.75, 3.05) is 0 Å². The van der Waals surface area contributed by atoms with E-state index in [0.29, 0.717) is 0 Å². The van der Waals surface area contributed by atoms with Crippen molar-refractivity contribution in [1.29, 1.82) is 0 Å². The van der Waals surface area contributed by atoms with Gasteiger partial charge in [-0.15, -0.1) is 26.3 Å². The first-order valence-electron chi connectivity index (χ1n) is 8.99. The highest BCUT2D eigenvalue weighted by atomic mass is 16.2. The van der Waals surface area contributed by atoms with Crippen molar-refractivity contribution in [1.82, 2.24) is 28.7 Å². The van der Waals surface area contributed by atoms with E-state index in [1.54, 1.807) is 15.0 Å². The minimum Gasteiger partial charge on any atom is -0.259 e. The summed E-state index contributed by atoms with van der Waals surface area (Å²) in [4.78, 5) is 71.7. The van der Waals surface area contributed by atoms with E-state index in [4.69, 9.17) is 0 Å². The number of hydrogen-bond donors (Lipinski definition) is 3. The first-order valence-corrected chi connectivity index (χ1v) is 8.99. The summed E-state index contributed by atoms with van der Waals surface area (Å²) in [6, 6.07) is 0. The SMILES string of the molecule is C=CCC.C=CCn1c(=O)n(CC=C)c(=O)n(CC=C)c1=O.O=c1[nH]c(=O)[nH]c(=O)[nH]1. The molecule has 0 aliphatic heterocycles. The third kappa shape index (κ3) is 8.35. The van der Waals surface area contributed by atoms with Crippen LogP contribution in [-0.4, -0.2) is 28.7 Å². The Kier molecular flexibility index (Phi) is 12.0. The Morgan fingerprint density at radius 2 is 0.806 bits per heavy atom. The molecule has 0 amide bonds. The molecule has 0 saturated carbocycles. The normalized spacial score (nSPS) is 9.32. The van der Waals surface area contributed by atoms with Gasteiger partial charge in [0.05, 0.1) is 19.6 Å². The van der Waals surface area contributed by atoms with E-state index in [2.05, 4.69) is 33.2 Å². The first-order chi connectivity index (χ1) is 14.7. The van der Waals surface area contributed by atoms with E-state index in [9.17, 15) is 28.8 Å². The molecule has 168 valence electrons. The summed E-state index contributed by atoms with van der Waals surface area (Å²) in [5, 5.41) is 0. The molecule has 2 aromatic rings. The monoisotopic (exact) mass is 434 g/mol. The van der Waals surface area contributed by atoms with Crippen LogP contribution in [0.4, 0.5) is 0 Å². The lowest BCUT2D eigenvalue weighted by molar-refractivity contribution is 0.502. The molecule has 0 spiro atoms. The number of nitrogens with one attached hydrogen (secondary N) is 3. The number of rotatable bonds is 7. The predicted octanol–water partition coefficient (Wildman–Crippen LogP) is -0.936. The smallest absolute Gasteiger partial charge is 0.259 e. The fourth-order valence-electron chi connectivity index (χ4n) is 1.94. The second-order valence-corrected chi connectivity index (χ2v) is 5.60.